The highest BCUT2D eigenvalue weighted by atomic mass is 19.1. The second kappa shape index (κ2) is 5.61. The number of nitrogens with one attached hydrogen (secondary N) is 1. The van der Waals surface area contributed by atoms with Gasteiger partial charge in [-0.15, -0.1) is 0 Å². The summed E-state index contributed by atoms with van der Waals surface area (Å²) >= 11 is 0. The molecule has 1 aromatic rings. The van der Waals surface area contributed by atoms with E-state index < -0.39 is 0 Å². The van der Waals surface area contributed by atoms with Gasteiger partial charge >= 0.3 is 0 Å². The lowest BCUT2D eigenvalue weighted by Gasteiger charge is -2.31. The van der Waals surface area contributed by atoms with Crippen LogP contribution in [0.25, 0.3) is 0 Å². The summed E-state index contributed by atoms with van der Waals surface area (Å²) in [5, 5.41) is 3.35. The number of rotatable bonds is 3. The third-order valence-electron chi connectivity index (χ3n) is 3.63. The van der Waals surface area contributed by atoms with E-state index >= 15 is 0 Å². The van der Waals surface area contributed by atoms with E-state index in [0.717, 1.165) is 31.6 Å². The molecular formula is C14H20FNO. The number of ether oxygens (including phenoxy) is 1. The van der Waals surface area contributed by atoms with Crippen LogP contribution in [-0.4, -0.2) is 26.3 Å². The van der Waals surface area contributed by atoms with Crippen LogP contribution in [-0.2, 0) is 11.2 Å². The average Bonchev–Trinajstić information content (AvgIpc) is 2.33. The van der Waals surface area contributed by atoms with E-state index in [9.17, 15) is 4.39 Å². The molecule has 2 rings (SSSR count). The highest BCUT2D eigenvalue weighted by molar-refractivity contribution is 5.27. The Bertz CT molecular complexity index is 380. The van der Waals surface area contributed by atoms with Crippen molar-refractivity contribution in [2.75, 3.05) is 20.3 Å². The SMILES string of the molecule is CNC1CCOCC1Cc1ccc(F)cc1C. The highest BCUT2D eigenvalue weighted by Crippen LogP contribution is 2.21. The standard InChI is InChI=1S/C14H20FNO/c1-10-7-13(15)4-3-11(10)8-12-9-17-6-5-14(12)16-2/h3-4,7,12,14,16H,5-6,8-9H2,1-2H3. The minimum Gasteiger partial charge on any atom is -0.381 e. The molecule has 0 amide bonds. The molecule has 94 valence electrons. The van der Waals surface area contributed by atoms with Crippen LogP contribution in [0.1, 0.15) is 17.5 Å². The van der Waals surface area contributed by atoms with Gasteiger partial charge in [-0.25, -0.2) is 4.39 Å². The fourth-order valence-electron chi connectivity index (χ4n) is 2.55. The van der Waals surface area contributed by atoms with Crippen molar-refractivity contribution in [3.8, 4) is 0 Å². The quantitative estimate of drug-likeness (QED) is 0.871. The highest BCUT2D eigenvalue weighted by Gasteiger charge is 2.24. The molecule has 0 aliphatic carbocycles. The molecule has 2 nitrogen and oxygen atoms in total. The van der Waals surface area contributed by atoms with Crippen LogP contribution < -0.4 is 5.32 Å². The molecule has 2 unspecified atom stereocenters. The largest absolute Gasteiger partial charge is 0.381 e. The first kappa shape index (κ1) is 12.5. The first-order chi connectivity index (χ1) is 8.20. The van der Waals surface area contributed by atoms with Gasteiger partial charge < -0.3 is 10.1 Å². The maximum atomic E-state index is 13.0. The first-order valence-corrected chi connectivity index (χ1v) is 6.20. The summed E-state index contributed by atoms with van der Waals surface area (Å²) in [6.45, 7) is 3.60. The van der Waals surface area contributed by atoms with Gasteiger partial charge in [0.15, 0.2) is 0 Å². The predicted molar refractivity (Wildman–Crippen MR) is 66.6 cm³/mol. The summed E-state index contributed by atoms with van der Waals surface area (Å²) in [5.41, 5.74) is 2.26. The van der Waals surface area contributed by atoms with Gasteiger partial charge in [0.25, 0.3) is 0 Å². The maximum Gasteiger partial charge on any atom is 0.123 e. The Morgan fingerprint density at radius 2 is 2.29 bits per heavy atom. The second-order valence-electron chi connectivity index (χ2n) is 4.79. The summed E-state index contributed by atoms with van der Waals surface area (Å²) in [7, 11) is 2.00. The summed E-state index contributed by atoms with van der Waals surface area (Å²) in [6, 6.07) is 5.55. The van der Waals surface area contributed by atoms with Crippen LogP contribution in [0, 0.1) is 18.7 Å². The molecule has 1 heterocycles. The first-order valence-electron chi connectivity index (χ1n) is 6.20. The number of hydrogen-bond donors (Lipinski definition) is 1. The fraction of sp³-hybridized carbons (Fsp3) is 0.571. The molecule has 17 heavy (non-hydrogen) atoms. The van der Waals surface area contributed by atoms with Gasteiger partial charge in [-0.1, -0.05) is 6.07 Å². The zero-order chi connectivity index (χ0) is 12.3. The lowest BCUT2D eigenvalue weighted by Crippen LogP contribution is -2.42. The van der Waals surface area contributed by atoms with Crippen molar-refractivity contribution in [1.82, 2.24) is 5.32 Å². The van der Waals surface area contributed by atoms with E-state index in [2.05, 4.69) is 5.32 Å². The Morgan fingerprint density at radius 1 is 1.47 bits per heavy atom. The van der Waals surface area contributed by atoms with E-state index in [1.807, 2.05) is 20.0 Å². The smallest absolute Gasteiger partial charge is 0.123 e. The van der Waals surface area contributed by atoms with Gasteiger partial charge in [0, 0.05) is 18.6 Å². The molecule has 3 heteroatoms. The topological polar surface area (TPSA) is 21.3 Å². The third kappa shape index (κ3) is 3.05. The lowest BCUT2D eigenvalue weighted by atomic mass is 9.88. The predicted octanol–water partition coefficient (Wildman–Crippen LogP) is 2.30. The number of benzene rings is 1. The summed E-state index contributed by atoms with van der Waals surface area (Å²) in [4.78, 5) is 0. The molecule has 1 fully saturated rings. The minimum atomic E-state index is -0.156. The van der Waals surface area contributed by atoms with E-state index in [0.29, 0.717) is 12.0 Å². The van der Waals surface area contributed by atoms with Gasteiger partial charge in [-0.2, -0.15) is 0 Å². The zero-order valence-electron chi connectivity index (χ0n) is 10.5. The Labute approximate surface area is 102 Å². The van der Waals surface area contributed by atoms with Crippen LogP contribution in [0.3, 0.4) is 0 Å². The van der Waals surface area contributed by atoms with E-state index in [1.54, 1.807) is 12.1 Å². The van der Waals surface area contributed by atoms with Crippen molar-refractivity contribution in [2.24, 2.45) is 5.92 Å². The lowest BCUT2D eigenvalue weighted by molar-refractivity contribution is 0.0342. The van der Waals surface area contributed by atoms with Crippen LogP contribution >= 0.6 is 0 Å². The molecule has 0 bridgehead atoms. The summed E-state index contributed by atoms with van der Waals surface area (Å²) in [5.74, 6) is 0.328. The summed E-state index contributed by atoms with van der Waals surface area (Å²) < 4.78 is 18.6. The number of aryl methyl sites for hydroxylation is 1. The van der Waals surface area contributed by atoms with Gasteiger partial charge in [-0.05, 0) is 50.1 Å². The van der Waals surface area contributed by atoms with E-state index in [4.69, 9.17) is 4.74 Å². The fourth-order valence-corrected chi connectivity index (χ4v) is 2.55. The molecule has 0 saturated carbocycles. The normalized spacial score (nSPS) is 24.9. The van der Waals surface area contributed by atoms with E-state index in [1.165, 1.54) is 5.56 Å². The minimum absolute atomic E-state index is 0.156. The van der Waals surface area contributed by atoms with Crippen molar-refractivity contribution in [2.45, 2.75) is 25.8 Å². The van der Waals surface area contributed by atoms with Crippen LogP contribution in [0.2, 0.25) is 0 Å². The molecule has 0 radical (unpaired) electrons. The Balaban J connectivity index is 2.08. The van der Waals surface area contributed by atoms with Crippen molar-refractivity contribution in [1.29, 1.82) is 0 Å². The Hall–Kier alpha value is -0.930. The molecule has 0 aromatic heterocycles. The Morgan fingerprint density at radius 3 is 3.00 bits per heavy atom. The monoisotopic (exact) mass is 237 g/mol. The van der Waals surface area contributed by atoms with Gasteiger partial charge in [0.2, 0.25) is 0 Å². The van der Waals surface area contributed by atoms with Crippen LogP contribution in [0.4, 0.5) is 4.39 Å². The molecule has 0 spiro atoms. The molecule has 1 aliphatic heterocycles. The summed E-state index contributed by atoms with van der Waals surface area (Å²) in [6.07, 6.45) is 2.01. The third-order valence-corrected chi connectivity index (χ3v) is 3.63. The van der Waals surface area contributed by atoms with Crippen molar-refractivity contribution in [3.63, 3.8) is 0 Å². The zero-order valence-corrected chi connectivity index (χ0v) is 10.5. The Kier molecular flexibility index (Phi) is 4.13. The molecule has 2 atom stereocenters. The molecule has 1 N–H and O–H groups in total. The van der Waals surface area contributed by atoms with E-state index in [-0.39, 0.29) is 5.82 Å². The van der Waals surface area contributed by atoms with Gasteiger partial charge in [0.1, 0.15) is 5.82 Å². The van der Waals surface area contributed by atoms with Crippen LogP contribution in [0.15, 0.2) is 18.2 Å². The van der Waals surface area contributed by atoms with Crippen molar-refractivity contribution in [3.05, 3.63) is 35.1 Å². The van der Waals surface area contributed by atoms with Crippen molar-refractivity contribution < 1.29 is 9.13 Å². The molecule has 1 aromatic carbocycles. The molecule has 1 saturated heterocycles. The average molecular weight is 237 g/mol. The number of halogens is 1. The van der Waals surface area contributed by atoms with Gasteiger partial charge in [0.05, 0.1) is 6.61 Å². The number of hydrogen-bond acceptors (Lipinski definition) is 2. The molecule has 1 aliphatic rings. The van der Waals surface area contributed by atoms with Crippen LogP contribution in [0.5, 0.6) is 0 Å². The van der Waals surface area contributed by atoms with Crippen molar-refractivity contribution >= 4 is 0 Å². The second-order valence-corrected chi connectivity index (χ2v) is 4.79. The molecular weight excluding hydrogens is 217 g/mol. The maximum absolute atomic E-state index is 13.0. The van der Waals surface area contributed by atoms with Gasteiger partial charge in [-0.3, -0.25) is 0 Å².